The monoisotopic (exact) mass is 260 g/mol. The van der Waals surface area contributed by atoms with Gasteiger partial charge in [-0.05, 0) is 24.4 Å². The van der Waals surface area contributed by atoms with E-state index >= 15 is 0 Å². The molecule has 0 saturated carbocycles. The summed E-state index contributed by atoms with van der Waals surface area (Å²) in [6.07, 6.45) is -3.59. The van der Waals surface area contributed by atoms with Crippen LogP contribution < -0.4 is 14.8 Å². The highest BCUT2D eigenvalue weighted by atomic mass is 32.1. The molecule has 0 saturated heterocycles. The molecular formula is C10H10F2N2O2S. The predicted molar refractivity (Wildman–Crippen MR) is 62.6 cm³/mol. The van der Waals surface area contributed by atoms with E-state index in [4.69, 9.17) is 12.2 Å². The Labute approximate surface area is 102 Å². The molecule has 0 spiro atoms. The lowest BCUT2D eigenvalue weighted by atomic mass is 10.3. The van der Waals surface area contributed by atoms with Crippen molar-refractivity contribution in [2.75, 3.05) is 19.4 Å². The van der Waals surface area contributed by atoms with E-state index in [0.29, 0.717) is 10.8 Å². The molecule has 1 N–H and O–H groups in total. The average Bonchev–Trinajstić information content (AvgIpc) is 2.50. The van der Waals surface area contributed by atoms with E-state index in [-0.39, 0.29) is 11.5 Å². The summed E-state index contributed by atoms with van der Waals surface area (Å²) in [4.78, 5) is 1.69. The standard InChI is InChI=1S/C10H10F2N2O2S/c1-14(2)9(17)13-6-3-4-7-8(5-6)16-10(11,12)15-7/h3-5H,1-2H3,(H,13,17). The van der Waals surface area contributed by atoms with E-state index in [0.717, 1.165) is 0 Å². The molecule has 7 heteroatoms. The zero-order chi connectivity index (χ0) is 12.6. The van der Waals surface area contributed by atoms with E-state index in [1.165, 1.54) is 12.1 Å². The second-order valence-electron chi connectivity index (χ2n) is 3.65. The molecule has 0 atom stereocenters. The highest BCUT2D eigenvalue weighted by Gasteiger charge is 2.43. The molecule has 0 aromatic heterocycles. The fourth-order valence-electron chi connectivity index (χ4n) is 1.26. The number of thiocarbonyl (C=S) groups is 1. The van der Waals surface area contributed by atoms with E-state index in [2.05, 4.69) is 14.8 Å². The second kappa shape index (κ2) is 3.99. The van der Waals surface area contributed by atoms with Gasteiger partial charge < -0.3 is 19.7 Å². The number of nitrogens with one attached hydrogen (secondary N) is 1. The predicted octanol–water partition coefficient (Wildman–Crippen LogP) is 2.27. The number of hydrogen-bond donors (Lipinski definition) is 1. The summed E-state index contributed by atoms with van der Waals surface area (Å²) in [6, 6.07) is 4.39. The van der Waals surface area contributed by atoms with Crippen LogP contribution in [0.2, 0.25) is 0 Å². The molecule has 0 fully saturated rings. The Morgan fingerprint density at radius 2 is 1.94 bits per heavy atom. The first-order valence-electron chi connectivity index (χ1n) is 4.75. The fourth-order valence-corrected chi connectivity index (χ4v) is 1.38. The summed E-state index contributed by atoms with van der Waals surface area (Å²) >= 11 is 5.03. The van der Waals surface area contributed by atoms with Crippen molar-refractivity contribution in [3.8, 4) is 11.5 Å². The number of alkyl halides is 2. The van der Waals surface area contributed by atoms with Gasteiger partial charge in [0.05, 0.1) is 0 Å². The Kier molecular flexibility index (Phi) is 2.78. The third-order valence-electron chi connectivity index (χ3n) is 2.06. The van der Waals surface area contributed by atoms with Crippen LogP contribution in [-0.2, 0) is 0 Å². The van der Waals surface area contributed by atoms with Gasteiger partial charge >= 0.3 is 6.29 Å². The van der Waals surface area contributed by atoms with Crippen LogP contribution >= 0.6 is 12.2 Å². The molecule has 1 aromatic carbocycles. The Hall–Kier alpha value is -1.63. The van der Waals surface area contributed by atoms with Crippen LogP contribution in [0.4, 0.5) is 14.5 Å². The fraction of sp³-hybridized carbons (Fsp3) is 0.300. The lowest BCUT2D eigenvalue weighted by molar-refractivity contribution is -0.286. The zero-order valence-corrected chi connectivity index (χ0v) is 9.98. The molecular weight excluding hydrogens is 250 g/mol. The first-order valence-corrected chi connectivity index (χ1v) is 5.16. The molecule has 0 radical (unpaired) electrons. The van der Waals surface area contributed by atoms with Gasteiger partial charge in [-0.2, -0.15) is 0 Å². The zero-order valence-electron chi connectivity index (χ0n) is 9.16. The summed E-state index contributed by atoms with van der Waals surface area (Å²) in [7, 11) is 3.55. The van der Waals surface area contributed by atoms with Gasteiger partial charge in [0.25, 0.3) is 0 Å². The molecule has 1 aliphatic heterocycles. The minimum Gasteiger partial charge on any atom is -0.395 e. The van der Waals surface area contributed by atoms with Crippen molar-refractivity contribution >= 4 is 23.0 Å². The number of fused-ring (bicyclic) bond motifs is 1. The Morgan fingerprint density at radius 3 is 2.59 bits per heavy atom. The first-order chi connectivity index (χ1) is 7.87. The van der Waals surface area contributed by atoms with Crippen LogP contribution in [-0.4, -0.2) is 30.4 Å². The van der Waals surface area contributed by atoms with Crippen molar-refractivity contribution in [3.05, 3.63) is 18.2 Å². The number of ether oxygens (including phenoxy) is 2. The maximum Gasteiger partial charge on any atom is 0.586 e. The van der Waals surface area contributed by atoms with Crippen LogP contribution in [0.15, 0.2) is 18.2 Å². The van der Waals surface area contributed by atoms with Gasteiger partial charge in [-0.25, -0.2) is 0 Å². The van der Waals surface area contributed by atoms with Gasteiger partial charge in [0, 0.05) is 25.8 Å². The van der Waals surface area contributed by atoms with Gasteiger partial charge in [0.2, 0.25) is 0 Å². The quantitative estimate of drug-likeness (QED) is 0.783. The smallest absolute Gasteiger partial charge is 0.395 e. The summed E-state index contributed by atoms with van der Waals surface area (Å²) in [5, 5.41) is 3.34. The summed E-state index contributed by atoms with van der Waals surface area (Å²) < 4.78 is 34.1. The van der Waals surface area contributed by atoms with Crippen molar-refractivity contribution < 1.29 is 18.3 Å². The molecule has 1 aromatic rings. The highest BCUT2D eigenvalue weighted by Crippen LogP contribution is 2.42. The van der Waals surface area contributed by atoms with Gasteiger partial charge in [0.1, 0.15) is 0 Å². The highest BCUT2D eigenvalue weighted by molar-refractivity contribution is 7.80. The molecule has 0 amide bonds. The van der Waals surface area contributed by atoms with E-state index in [9.17, 15) is 8.78 Å². The largest absolute Gasteiger partial charge is 0.586 e. The molecule has 0 bridgehead atoms. The SMILES string of the molecule is CN(C)C(=S)Nc1ccc2c(c1)OC(F)(F)O2. The number of nitrogens with zero attached hydrogens (tertiary/aromatic N) is 1. The third-order valence-corrected chi connectivity index (χ3v) is 2.53. The number of benzene rings is 1. The Balaban J connectivity index is 2.17. The van der Waals surface area contributed by atoms with Crippen LogP contribution in [0, 0.1) is 0 Å². The van der Waals surface area contributed by atoms with Gasteiger partial charge in [-0.1, -0.05) is 0 Å². The number of halogens is 2. The number of hydrogen-bond acceptors (Lipinski definition) is 3. The molecule has 92 valence electrons. The molecule has 1 aliphatic rings. The van der Waals surface area contributed by atoms with Crippen molar-refractivity contribution in [1.82, 2.24) is 4.90 Å². The van der Waals surface area contributed by atoms with Gasteiger partial charge in [-0.3, -0.25) is 0 Å². The van der Waals surface area contributed by atoms with E-state index in [1.807, 2.05) is 0 Å². The minimum absolute atomic E-state index is 0.0105. The Morgan fingerprint density at radius 1 is 1.29 bits per heavy atom. The van der Waals surface area contributed by atoms with Gasteiger partial charge in [0.15, 0.2) is 16.6 Å². The Bertz CT molecular complexity index is 466. The lowest BCUT2D eigenvalue weighted by Gasteiger charge is -2.15. The molecule has 1 heterocycles. The average molecular weight is 260 g/mol. The number of anilines is 1. The third kappa shape index (κ3) is 2.55. The summed E-state index contributed by atoms with van der Waals surface area (Å²) in [6.45, 7) is 0. The maximum absolute atomic E-state index is 12.8. The molecule has 17 heavy (non-hydrogen) atoms. The van der Waals surface area contributed by atoms with Gasteiger partial charge in [-0.15, -0.1) is 8.78 Å². The van der Waals surface area contributed by atoms with Crippen molar-refractivity contribution in [3.63, 3.8) is 0 Å². The van der Waals surface area contributed by atoms with Crippen molar-refractivity contribution in [2.24, 2.45) is 0 Å². The molecule has 4 nitrogen and oxygen atoms in total. The molecule has 0 aliphatic carbocycles. The summed E-state index contributed by atoms with van der Waals surface area (Å²) in [5.74, 6) is -0.00197. The topological polar surface area (TPSA) is 33.7 Å². The number of rotatable bonds is 1. The van der Waals surface area contributed by atoms with Crippen LogP contribution in [0.25, 0.3) is 0 Å². The minimum atomic E-state index is -3.59. The first kappa shape index (κ1) is 11.8. The molecule has 0 unspecified atom stereocenters. The lowest BCUT2D eigenvalue weighted by Crippen LogP contribution is -2.27. The van der Waals surface area contributed by atoms with E-state index < -0.39 is 6.29 Å². The van der Waals surface area contributed by atoms with Crippen molar-refractivity contribution in [1.29, 1.82) is 0 Å². The normalized spacial score (nSPS) is 15.5. The summed E-state index contributed by atoms with van der Waals surface area (Å²) in [5.41, 5.74) is 0.559. The van der Waals surface area contributed by atoms with Crippen LogP contribution in [0.3, 0.4) is 0 Å². The van der Waals surface area contributed by atoms with Crippen molar-refractivity contribution in [2.45, 2.75) is 6.29 Å². The molecule has 2 rings (SSSR count). The van der Waals surface area contributed by atoms with E-state index in [1.54, 1.807) is 25.1 Å². The van der Waals surface area contributed by atoms with Crippen LogP contribution in [0.1, 0.15) is 0 Å². The maximum atomic E-state index is 12.8. The van der Waals surface area contributed by atoms with Crippen LogP contribution in [0.5, 0.6) is 11.5 Å². The second-order valence-corrected chi connectivity index (χ2v) is 4.04.